The first-order valence-corrected chi connectivity index (χ1v) is 9.25. The van der Waals surface area contributed by atoms with Crippen LogP contribution in [0.4, 0.5) is 0 Å². The van der Waals surface area contributed by atoms with Crippen molar-refractivity contribution in [3.8, 4) is 0 Å². The monoisotopic (exact) mass is 346 g/mol. The van der Waals surface area contributed by atoms with Crippen LogP contribution in [-0.2, 0) is 6.54 Å². The van der Waals surface area contributed by atoms with Crippen molar-refractivity contribution in [1.29, 1.82) is 0 Å². The molecule has 0 aliphatic carbocycles. The van der Waals surface area contributed by atoms with Gasteiger partial charge in [-0.15, -0.1) is 0 Å². The van der Waals surface area contributed by atoms with Crippen molar-refractivity contribution in [2.75, 3.05) is 7.05 Å². The van der Waals surface area contributed by atoms with Gasteiger partial charge in [-0.1, -0.05) is 91.0 Å². The summed E-state index contributed by atoms with van der Waals surface area (Å²) in [7, 11) is 1.97. The predicted octanol–water partition coefficient (Wildman–Crippen LogP) is 5.50. The Morgan fingerprint density at radius 2 is 1.04 bits per heavy atom. The van der Waals surface area contributed by atoms with E-state index in [-0.39, 0.29) is 0 Å². The second-order valence-electron chi connectivity index (χ2n) is 6.42. The minimum absolute atomic E-state index is 0.390. The van der Waals surface area contributed by atoms with Crippen LogP contribution in [-0.4, -0.2) is 7.05 Å². The summed E-state index contributed by atoms with van der Waals surface area (Å²) in [5.74, 6) is 0. The van der Waals surface area contributed by atoms with E-state index >= 15 is 0 Å². The summed E-state index contributed by atoms with van der Waals surface area (Å²) in [6, 6.07) is 32.3. The molecule has 3 aromatic carbocycles. The molecule has 0 radical (unpaired) electrons. The quantitative estimate of drug-likeness (QED) is 0.615. The fourth-order valence-electron chi connectivity index (χ4n) is 2.63. The van der Waals surface area contributed by atoms with Gasteiger partial charge in [0.2, 0.25) is 0 Å². The molecule has 2 N–H and O–H groups in total. The van der Waals surface area contributed by atoms with E-state index in [4.69, 9.17) is 0 Å². The molecule has 0 aliphatic rings. The minimum atomic E-state index is 0.390. The fourth-order valence-corrected chi connectivity index (χ4v) is 2.63. The SMILES string of the molecule is CC(NCc1ccccc1)c1ccccc1.CNC(C)c1ccccc1. The van der Waals surface area contributed by atoms with Gasteiger partial charge in [-0.2, -0.15) is 0 Å². The lowest BCUT2D eigenvalue weighted by Crippen LogP contribution is -2.17. The van der Waals surface area contributed by atoms with Gasteiger partial charge in [0.15, 0.2) is 0 Å². The molecule has 0 aromatic heterocycles. The van der Waals surface area contributed by atoms with Gasteiger partial charge >= 0.3 is 0 Å². The Bertz CT molecular complexity index is 711. The van der Waals surface area contributed by atoms with Gasteiger partial charge in [0, 0.05) is 18.6 Å². The topological polar surface area (TPSA) is 24.1 Å². The first-order chi connectivity index (χ1) is 12.7. The molecule has 26 heavy (non-hydrogen) atoms. The molecular weight excluding hydrogens is 316 g/mol. The zero-order valence-electron chi connectivity index (χ0n) is 16.0. The molecule has 0 saturated heterocycles. The first kappa shape index (κ1) is 19.9. The van der Waals surface area contributed by atoms with Crippen LogP contribution >= 0.6 is 0 Å². The molecule has 2 heteroatoms. The fraction of sp³-hybridized carbons (Fsp3) is 0.250. The van der Waals surface area contributed by atoms with Crippen LogP contribution in [0.25, 0.3) is 0 Å². The lowest BCUT2D eigenvalue weighted by molar-refractivity contribution is 0.575. The number of benzene rings is 3. The Morgan fingerprint density at radius 1 is 0.615 bits per heavy atom. The highest BCUT2D eigenvalue weighted by Gasteiger charge is 2.03. The van der Waals surface area contributed by atoms with E-state index in [1.165, 1.54) is 16.7 Å². The third-order valence-corrected chi connectivity index (χ3v) is 4.49. The maximum absolute atomic E-state index is 3.52. The molecule has 2 atom stereocenters. The minimum Gasteiger partial charge on any atom is -0.313 e. The van der Waals surface area contributed by atoms with Crippen molar-refractivity contribution in [3.05, 3.63) is 108 Å². The van der Waals surface area contributed by atoms with Gasteiger partial charge in [0.05, 0.1) is 0 Å². The molecule has 0 aliphatic heterocycles. The van der Waals surface area contributed by atoms with Crippen molar-refractivity contribution in [3.63, 3.8) is 0 Å². The number of hydrogen-bond donors (Lipinski definition) is 2. The molecular formula is C24H30N2. The largest absolute Gasteiger partial charge is 0.313 e. The normalized spacial score (nSPS) is 12.6. The van der Waals surface area contributed by atoms with Crippen LogP contribution in [0.5, 0.6) is 0 Å². The van der Waals surface area contributed by atoms with Crippen molar-refractivity contribution >= 4 is 0 Å². The molecule has 2 nitrogen and oxygen atoms in total. The second kappa shape index (κ2) is 11.2. The Balaban J connectivity index is 0.000000209. The summed E-state index contributed by atoms with van der Waals surface area (Å²) >= 11 is 0. The van der Waals surface area contributed by atoms with Gasteiger partial charge in [0.25, 0.3) is 0 Å². The highest BCUT2D eigenvalue weighted by molar-refractivity contribution is 5.19. The summed E-state index contributed by atoms with van der Waals surface area (Å²) in [5.41, 5.74) is 3.99. The maximum Gasteiger partial charge on any atom is 0.0294 e. The molecule has 0 amide bonds. The molecule has 3 rings (SSSR count). The third-order valence-electron chi connectivity index (χ3n) is 4.49. The van der Waals surface area contributed by atoms with E-state index in [0.717, 1.165) is 6.54 Å². The van der Waals surface area contributed by atoms with Crippen LogP contribution < -0.4 is 10.6 Å². The van der Waals surface area contributed by atoms with Crippen LogP contribution in [0.1, 0.15) is 42.6 Å². The number of rotatable bonds is 6. The molecule has 2 unspecified atom stereocenters. The second-order valence-corrected chi connectivity index (χ2v) is 6.42. The van der Waals surface area contributed by atoms with Gasteiger partial charge in [0.1, 0.15) is 0 Å². The smallest absolute Gasteiger partial charge is 0.0294 e. The summed E-state index contributed by atoms with van der Waals surface area (Å²) < 4.78 is 0. The van der Waals surface area contributed by atoms with Crippen LogP contribution in [0.15, 0.2) is 91.0 Å². The molecule has 0 heterocycles. The number of nitrogens with one attached hydrogen (secondary N) is 2. The molecule has 0 fully saturated rings. The highest BCUT2D eigenvalue weighted by atomic mass is 14.9. The van der Waals surface area contributed by atoms with E-state index in [1.54, 1.807) is 0 Å². The average molecular weight is 347 g/mol. The van der Waals surface area contributed by atoms with Gasteiger partial charge in [-0.25, -0.2) is 0 Å². The Labute approximate surface area is 158 Å². The van der Waals surface area contributed by atoms with E-state index in [0.29, 0.717) is 12.1 Å². The lowest BCUT2D eigenvalue weighted by Gasteiger charge is -2.14. The van der Waals surface area contributed by atoms with Crippen molar-refractivity contribution < 1.29 is 0 Å². The van der Waals surface area contributed by atoms with E-state index in [2.05, 4.69) is 97.3 Å². The molecule has 0 bridgehead atoms. The Kier molecular flexibility index (Phi) is 8.61. The predicted molar refractivity (Wildman–Crippen MR) is 112 cm³/mol. The third kappa shape index (κ3) is 6.83. The first-order valence-electron chi connectivity index (χ1n) is 9.25. The van der Waals surface area contributed by atoms with E-state index in [1.807, 2.05) is 25.2 Å². The summed E-state index contributed by atoms with van der Waals surface area (Å²) in [6.07, 6.45) is 0. The van der Waals surface area contributed by atoms with Crippen LogP contribution in [0.3, 0.4) is 0 Å². The van der Waals surface area contributed by atoms with Crippen molar-refractivity contribution in [2.45, 2.75) is 32.5 Å². The summed E-state index contributed by atoms with van der Waals surface area (Å²) in [4.78, 5) is 0. The van der Waals surface area contributed by atoms with Crippen LogP contribution in [0, 0.1) is 0 Å². The Hall–Kier alpha value is -2.42. The lowest BCUT2D eigenvalue weighted by atomic mass is 10.1. The van der Waals surface area contributed by atoms with Gasteiger partial charge in [-0.3, -0.25) is 0 Å². The zero-order chi connectivity index (χ0) is 18.6. The van der Waals surface area contributed by atoms with Crippen LogP contribution in [0.2, 0.25) is 0 Å². The van der Waals surface area contributed by atoms with Crippen molar-refractivity contribution in [1.82, 2.24) is 10.6 Å². The molecule has 3 aromatic rings. The average Bonchev–Trinajstić information content (AvgIpc) is 2.74. The van der Waals surface area contributed by atoms with Crippen molar-refractivity contribution in [2.24, 2.45) is 0 Å². The maximum atomic E-state index is 3.52. The molecule has 136 valence electrons. The highest BCUT2D eigenvalue weighted by Crippen LogP contribution is 2.12. The summed E-state index contributed by atoms with van der Waals surface area (Å²) in [6.45, 7) is 5.25. The Morgan fingerprint density at radius 3 is 1.50 bits per heavy atom. The molecule has 0 spiro atoms. The number of hydrogen-bond acceptors (Lipinski definition) is 2. The van der Waals surface area contributed by atoms with Gasteiger partial charge < -0.3 is 10.6 Å². The molecule has 0 saturated carbocycles. The van der Waals surface area contributed by atoms with E-state index < -0.39 is 0 Å². The zero-order valence-corrected chi connectivity index (χ0v) is 16.0. The standard InChI is InChI=1S/C15H17N.C9H13N/c1-13(15-10-6-3-7-11-15)16-12-14-8-4-2-5-9-14;1-8(10-2)9-6-4-3-5-7-9/h2-11,13,16H,12H2,1H3;3-8,10H,1-2H3. The van der Waals surface area contributed by atoms with Gasteiger partial charge in [-0.05, 0) is 37.6 Å². The van der Waals surface area contributed by atoms with E-state index in [9.17, 15) is 0 Å². The summed E-state index contributed by atoms with van der Waals surface area (Å²) in [5, 5.41) is 6.70.